The maximum absolute atomic E-state index is 5.28. The van der Waals surface area contributed by atoms with Crippen LogP contribution in [0.4, 0.5) is 5.69 Å². The van der Waals surface area contributed by atoms with Crippen LogP contribution in [-0.4, -0.2) is 43.7 Å². The van der Waals surface area contributed by atoms with Gasteiger partial charge in [0.15, 0.2) is 0 Å². The molecule has 0 aromatic heterocycles. The van der Waals surface area contributed by atoms with Gasteiger partial charge in [-0.05, 0) is 32.9 Å². The number of rotatable bonds is 2. The van der Waals surface area contributed by atoms with Crippen molar-refractivity contribution in [1.82, 2.24) is 4.90 Å². The van der Waals surface area contributed by atoms with Gasteiger partial charge in [0, 0.05) is 43.5 Å². The van der Waals surface area contributed by atoms with E-state index in [9.17, 15) is 0 Å². The molecule has 0 saturated carbocycles. The minimum absolute atomic E-state index is 0.278. The van der Waals surface area contributed by atoms with Gasteiger partial charge < -0.3 is 9.64 Å². The van der Waals surface area contributed by atoms with E-state index in [0.29, 0.717) is 0 Å². The smallest absolute Gasteiger partial charge is 0.120 e. The van der Waals surface area contributed by atoms with Gasteiger partial charge in [-0.3, -0.25) is 4.90 Å². The molecule has 1 heterocycles. The van der Waals surface area contributed by atoms with E-state index in [0.717, 1.165) is 31.9 Å². The molecule has 1 aromatic rings. The van der Waals surface area contributed by atoms with Crippen LogP contribution in [-0.2, 0) is 0 Å². The van der Waals surface area contributed by atoms with Gasteiger partial charge in [-0.15, -0.1) is 0 Å². The van der Waals surface area contributed by atoms with Gasteiger partial charge in [0.2, 0.25) is 0 Å². The van der Waals surface area contributed by atoms with Crippen molar-refractivity contribution < 1.29 is 4.74 Å². The lowest BCUT2D eigenvalue weighted by Crippen LogP contribution is -2.53. The molecule has 0 unspecified atom stereocenters. The molecule has 3 heteroatoms. The lowest BCUT2D eigenvalue weighted by atomic mass is 10.0. The maximum Gasteiger partial charge on any atom is 0.120 e. The van der Waals surface area contributed by atoms with Crippen LogP contribution in [0.1, 0.15) is 20.8 Å². The first-order chi connectivity index (χ1) is 8.50. The standard InChI is InChI=1S/C15H24N2O/c1-15(2,3)17-10-8-16(9-11-17)13-6-5-7-14(12-13)18-4/h5-7,12H,8-11H2,1-4H3. The zero-order valence-corrected chi connectivity index (χ0v) is 11.9. The number of hydrogen-bond donors (Lipinski definition) is 0. The summed E-state index contributed by atoms with van der Waals surface area (Å²) in [6, 6.07) is 8.33. The van der Waals surface area contributed by atoms with Gasteiger partial charge in [0.05, 0.1) is 7.11 Å². The summed E-state index contributed by atoms with van der Waals surface area (Å²) in [5.74, 6) is 0.936. The highest BCUT2D eigenvalue weighted by Crippen LogP contribution is 2.23. The van der Waals surface area contributed by atoms with Crippen LogP contribution >= 0.6 is 0 Å². The monoisotopic (exact) mass is 248 g/mol. The number of anilines is 1. The first-order valence-corrected chi connectivity index (χ1v) is 6.65. The van der Waals surface area contributed by atoms with Crippen LogP contribution in [0.3, 0.4) is 0 Å². The van der Waals surface area contributed by atoms with E-state index >= 15 is 0 Å². The molecule has 1 fully saturated rings. The van der Waals surface area contributed by atoms with Crippen molar-refractivity contribution in [1.29, 1.82) is 0 Å². The Balaban J connectivity index is 2.01. The molecule has 1 aliphatic rings. The molecule has 0 radical (unpaired) electrons. The summed E-state index contributed by atoms with van der Waals surface area (Å²) in [5, 5.41) is 0. The molecular weight excluding hydrogens is 224 g/mol. The van der Waals surface area contributed by atoms with Crippen LogP contribution in [0.5, 0.6) is 5.75 Å². The Bertz CT molecular complexity index is 390. The number of nitrogens with zero attached hydrogens (tertiary/aromatic N) is 2. The minimum Gasteiger partial charge on any atom is -0.497 e. The number of ether oxygens (including phenoxy) is 1. The molecule has 18 heavy (non-hydrogen) atoms. The fourth-order valence-electron chi connectivity index (χ4n) is 2.44. The average Bonchev–Trinajstić information content (AvgIpc) is 2.38. The van der Waals surface area contributed by atoms with Gasteiger partial charge in [0.25, 0.3) is 0 Å². The van der Waals surface area contributed by atoms with Crippen molar-refractivity contribution in [3.63, 3.8) is 0 Å². The normalized spacial score (nSPS) is 17.9. The Labute approximate surface area is 110 Å². The number of methoxy groups -OCH3 is 1. The maximum atomic E-state index is 5.28. The molecule has 1 aromatic carbocycles. The Hall–Kier alpha value is -1.22. The van der Waals surface area contributed by atoms with Crippen LogP contribution < -0.4 is 9.64 Å². The third-order valence-corrected chi connectivity index (χ3v) is 3.65. The van der Waals surface area contributed by atoms with Gasteiger partial charge >= 0.3 is 0 Å². The molecule has 3 nitrogen and oxygen atoms in total. The summed E-state index contributed by atoms with van der Waals surface area (Å²) in [6.07, 6.45) is 0. The quantitative estimate of drug-likeness (QED) is 0.800. The van der Waals surface area contributed by atoms with Crippen molar-refractivity contribution in [3.8, 4) is 5.75 Å². The highest BCUT2D eigenvalue weighted by atomic mass is 16.5. The second-order valence-corrected chi connectivity index (χ2v) is 5.85. The van der Waals surface area contributed by atoms with Gasteiger partial charge in [0.1, 0.15) is 5.75 Å². The van der Waals surface area contributed by atoms with Crippen molar-refractivity contribution >= 4 is 5.69 Å². The van der Waals surface area contributed by atoms with Crippen molar-refractivity contribution in [2.45, 2.75) is 26.3 Å². The second-order valence-electron chi connectivity index (χ2n) is 5.85. The zero-order valence-electron chi connectivity index (χ0n) is 11.9. The largest absolute Gasteiger partial charge is 0.497 e. The summed E-state index contributed by atoms with van der Waals surface area (Å²) in [5.41, 5.74) is 1.54. The van der Waals surface area contributed by atoms with E-state index in [1.807, 2.05) is 6.07 Å². The Morgan fingerprint density at radius 2 is 1.72 bits per heavy atom. The van der Waals surface area contributed by atoms with Crippen LogP contribution in [0.15, 0.2) is 24.3 Å². The fraction of sp³-hybridized carbons (Fsp3) is 0.600. The van der Waals surface area contributed by atoms with Crippen molar-refractivity contribution in [3.05, 3.63) is 24.3 Å². The van der Waals surface area contributed by atoms with E-state index in [1.54, 1.807) is 7.11 Å². The number of piperazine rings is 1. The van der Waals surface area contributed by atoms with Crippen LogP contribution in [0.2, 0.25) is 0 Å². The van der Waals surface area contributed by atoms with Gasteiger partial charge in [-0.25, -0.2) is 0 Å². The molecule has 1 aliphatic heterocycles. The highest BCUT2D eigenvalue weighted by Gasteiger charge is 2.25. The third kappa shape index (κ3) is 2.96. The molecule has 0 atom stereocenters. The number of benzene rings is 1. The first-order valence-electron chi connectivity index (χ1n) is 6.65. The summed E-state index contributed by atoms with van der Waals surface area (Å²) in [4.78, 5) is 4.98. The fourth-order valence-corrected chi connectivity index (χ4v) is 2.44. The van der Waals surface area contributed by atoms with Crippen molar-refractivity contribution in [2.75, 3.05) is 38.2 Å². The molecule has 0 spiro atoms. The first kappa shape index (κ1) is 13.2. The SMILES string of the molecule is COc1cccc(N2CCN(C(C)(C)C)CC2)c1. The summed E-state index contributed by atoms with van der Waals surface area (Å²) in [7, 11) is 1.72. The highest BCUT2D eigenvalue weighted by molar-refractivity contribution is 5.51. The van der Waals surface area contributed by atoms with Gasteiger partial charge in [-0.1, -0.05) is 6.07 Å². The Morgan fingerprint density at radius 1 is 1.06 bits per heavy atom. The summed E-state index contributed by atoms with van der Waals surface area (Å²) >= 11 is 0. The zero-order chi connectivity index (χ0) is 13.2. The predicted molar refractivity (Wildman–Crippen MR) is 76.5 cm³/mol. The van der Waals surface area contributed by atoms with E-state index in [1.165, 1.54) is 5.69 Å². The molecule has 1 saturated heterocycles. The van der Waals surface area contributed by atoms with Gasteiger partial charge in [-0.2, -0.15) is 0 Å². The Morgan fingerprint density at radius 3 is 2.28 bits per heavy atom. The van der Waals surface area contributed by atoms with Crippen LogP contribution in [0, 0.1) is 0 Å². The topological polar surface area (TPSA) is 15.7 Å². The summed E-state index contributed by atoms with van der Waals surface area (Å²) < 4.78 is 5.28. The lowest BCUT2D eigenvalue weighted by molar-refractivity contribution is 0.128. The molecule has 0 amide bonds. The Kier molecular flexibility index (Phi) is 3.81. The summed E-state index contributed by atoms with van der Waals surface area (Å²) in [6.45, 7) is 11.3. The molecule has 2 rings (SSSR count). The lowest BCUT2D eigenvalue weighted by Gasteiger charge is -2.43. The van der Waals surface area contributed by atoms with Crippen molar-refractivity contribution in [2.24, 2.45) is 0 Å². The second kappa shape index (κ2) is 5.19. The van der Waals surface area contributed by atoms with E-state index < -0.39 is 0 Å². The van der Waals surface area contributed by atoms with E-state index in [4.69, 9.17) is 4.74 Å². The van der Waals surface area contributed by atoms with Crippen LogP contribution in [0.25, 0.3) is 0 Å². The number of hydrogen-bond acceptors (Lipinski definition) is 3. The average molecular weight is 248 g/mol. The molecule has 0 N–H and O–H groups in total. The third-order valence-electron chi connectivity index (χ3n) is 3.65. The molecule has 0 aliphatic carbocycles. The van der Waals surface area contributed by atoms with E-state index in [2.05, 4.69) is 48.8 Å². The molecular formula is C15H24N2O. The predicted octanol–water partition coefficient (Wildman–Crippen LogP) is 2.62. The van der Waals surface area contributed by atoms with E-state index in [-0.39, 0.29) is 5.54 Å². The molecule has 100 valence electrons. The minimum atomic E-state index is 0.278. The molecule has 0 bridgehead atoms.